The van der Waals surface area contributed by atoms with E-state index in [1.807, 2.05) is 55.1 Å². The van der Waals surface area contributed by atoms with Crippen LogP contribution in [0.3, 0.4) is 0 Å². The van der Waals surface area contributed by atoms with Crippen LogP contribution >= 0.6 is 8.38 Å². The lowest BCUT2D eigenvalue weighted by Crippen LogP contribution is -2.48. The number of aryl methyl sites for hydroxylation is 1. The summed E-state index contributed by atoms with van der Waals surface area (Å²) in [4.78, 5) is 17.2. The van der Waals surface area contributed by atoms with Crippen molar-refractivity contribution in [2.24, 2.45) is 0 Å². The van der Waals surface area contributed by atoms with Crippen molar-refractivity contribution in [2.75, 3.05) is 57.6 Å². The van der Waals surface area contributed by atoms with Gasteiger partial charge in [0.2, 0.25) is 0 Å². The number of carbonyl (C=O) groups is 1. The molecule has 1 aliphatic heterocycles. The van der Waals surface area contributed by atoms with E-state index in [2.05, 4.69) is 17.0 Å². The van der Waals surface area contributed by atoms with Crippen LogP contribution in [0.15, 0.2) is 48.5 Å². The van der Waals surface area contributed by atoms with E-state index in [-0.39, 0.29) is 5.91 Å². The molecule has 31 heavy (non-hydrogen) atoms. The van der Waals surface area contributed by atoms with Crippen molar-refractivity contribution in [1.82, 2.24) is 4.90 Å². The zero-order valence-corrected chi connectivity index (χ0v) is 19.6. The van der Waals surface area contributed by atoms with E-state index in [1.165, 1.54) is 5.56 Å². The summed E-state index contributed by atoms with van der Waals surface area (Å²) in [5.74, 6) is 0.959. The monoisotopic (exact) mass is 444 g/mol. The number of hydrogen-bond acceptors (Lipinski definition) is 5. The first-order valence-electron chi connectivity index (χ1n) is 10.9. The molecular weight excluding hydrogens is 411 g/mol. The molecule has 0 aromatic heterocycles. The average molecular weight is 445 g/mol. The first-order chi connectivity index (χ1) is 15.1. The highest BCUT2D eigenvalue weighted by Crippen LogP contribution is 2.38. The highest BCUT2D eigenvalue weighted by atomic mass is 31.2. The number of piperazine rings is 1. The van der Waals surface area contributed by atoms with Crippen LogP contribution in [-0.2, 0) is 15.5 Å². The van der Waals surface area contributed by atoms with Gasteiger partial charge < -0.3 is 23.6 Å². The molecule has 0 unspecified atom stereocenters. The lowest BCUT2D eigenvalue weighted by atomic mass is 10.1. The fourth-order valence-corrected chi connectivity index (χ4v) is 4.98. The van der Waals surface area contributed by atoms with Crippen molar-refractivity contribution in [1.29, 1.82) is 0 Å². The standard InChI is InChI=1S/C24H33N2O4P/c1-4-29-31(30-5-2)19-14-20-6-8-21(9-7-20)24(27)26-17-15-25(16-18-26)22-10-12-23(28-3)13-11-22/h6-13H,4-5,14-19H2,1-3H3. The Morgan fingerprint density at radius 1 is 0.903 bits per heavy atom. The normalized spacial score (nSPS) is 14.2. The van der Waals surface area contributed by atoms with Crippen LogP contribution in [0, 0.1) is 0 Å². The summed E-state index contributed by atoms with van der Waals surface area (Å²) in [5.41, 5.74) is 3.11. The minimum atomic E-state index is -0.828. The minimum absolute atomic E-state index is 0.104. The Labute approximate surface area is 187 Å². The van der Waals surface area contributed by atoms with E-state index < -0.39 is 8.38 Å². The number of rotatable bonds is 10. The second-order valence-electron chi connectivity index (χ2n) is 7.32. The van der Waals surface area contributed by atoms with Crippen molar-refractivity contribution in [2.45, 2.75) is 20.3 Å². The third-order valence-electron chi connectivity index (χ3n) is 5.33. The third kappa shape index (κ3) is 6.67. The summed E-state index contributed by atoms with van der Waals surface area (Å²) in [5, 5.41) is 0. The summed E-state index contributed by atoms with van der Waals surface area (Å²) in [6, 6.07) is 16.1. The molecule has 1 amide bonds. The van der Waals surface area contributed by atoms with Gasteiger partial charge >= 0.3 is 0 Å². The molecule has 7 heteroatoms. The third-order valence-corrected chi connectivity index (χ3v) is 7.02. The zero-order chi connectivity index (χ0) is 22.1. The molecule has 2 aromatic carbocycles. The Balaban J connectivity index is 1.50. The van der Waals surface area contributed by atoms with Crippen LogP contribution in [0.1, 0.15) is 29.8 Å². The summed E-state index contributed by atoms with van der Waals surface area (Å²) < 4.78 is 16.6. The Morgan fingerprint density at radius 3 is 2.06 bits per heavy atom. The Bertz CT molecular complexity index is 799. The number of hydrogen-bond donors (Lipinski definition) is 0. The first-order valence-corrected chi connectivity index (χ1v) is 12.3. The quantitative estimate of drug-likeness (QED) is 0.502. The fourth-order valence-electron chi connectivity index (χ4n) is 3.63. The van der Waals surface area contributed by atoms with Crippen LogP contribution in [0.25, 0.3) is 0 Å². The van der Waals surface area contributed by atoms with Gasteiger partial charge in [-0.2, -0.15) is 0 Å². The average Bonchev–Trinajstić information content (AvgIpc) is 2.83. The summed E-state index contributed by atoms with van der Waals surface area (Å²) in [7, 11) is 0.844. The van der Waals surface area contributed by atoms with Crippen LogP contribution in [-0.4, -0.2) is 63.5 Å². The van der Waals surface area contributed by atoms with Gasteiger partial charge in [0.25, 0.3) is 5.91 Å². The van der Waals surface area contributed by atoms with Crippen LogP contribution in [0.4, 0.5) is 5.69 Å². The fraction of sp³-hybridized carbons (Fsp3) is 0.458. The molecule has 0 bridgehead atoms. The Morgan fingerprint density at radius 2 is 1.52 bits per heavy atom. The summed E-state index contributed by atoms with van der Waals surface area (Å²) in [6.07, 6.45) is 1.76. The van der Waals surface area contributed by atoms with Gasteiger partial charge in [-0.3, -0.25) is 4.79 Å². The number of methoxy groups -OCH3 is 1. The van der Waals surface area contributed by atoms with Gasteiger partial charge in [-0.25, -0.2) is 0 Å². The molecule has 6 nitrogen and oxygen atoms in total. The maximum atomic E-state index is 12.9. The summed E-state index contributed by atoms with van der Waals surface area (Å²) in [6.45, 7) is 8.43. The molecule has 2 aromatic rings. The molecule has 0 atom stereocenters. The van der Waals surface area contributed by atoms with Gasteiger partial charge in [-0.1, -0.05) is 12.1 Å². The second-order valence-corrected chi connectivity index (χ2v) is 8.95. The topological polar surface area (TPSA) is 51.2 Å². The van der Waals surface area contributed by atoms with E-state index in [0.29, 0.717) is 13.2 Å². The van der Waals surface area contributed by atoms with E-state index in [0.717, 1.165) is 55.8 Å². The smallest absolute Gasteiger partial charge is 0.253 e. The van der Waals surface area contributed by atoms with Crippen LogP contribution in [0.2, 0.25) is 0 Å². The maximum absolute atomic E-state index is 12.9. The number of anilines is 1. The van der Waals surface area contributed by atoms with Crippen molar-refractivity contribution in [3.8, 4) is 5.75 Å². The highest BCUT2D eigenvalue weighted by Gasteiger charge is 2.22. The molecule has 3 rings (SSSR count). The van der Waals surface area contributed by atoms with E-state index in [1.54, 1.807) is 7.11 Å². The lowest BCUT2D eigenvalue weighted by molar-refractivity contribution is 0.0747. The maximum Gasteiger partial charge on any atom is 0.253 e. The van der Waals surface area contributed by atoms with Gasteiger partial charge in [0, 0.05) is 43.6 Å². The van der Waals surface area contributed by atoms with E-state index >= 15 is 0 Å². The van der Waals surface area contributed by atoms with Gasteiger partial charge in [-0.05, 0) is 62.2 Å². The number of nitrogens with zero attached hydrogens (tertiary/aromatic N) is 2. The minimum Gasteiger partial charge on any atom is -0.497 e. The zero-order valence-electron chi connectivity index (χ0n) is 18.8. The first kappa shape index (κ1) is 23.5. The molecule has 0 N–H and O–H groups in total. The largest absolute Gasteiger partial charge is 0.497 e. The van der Waals surface area contributed by atoms with Crippen molar-refractivity contribution in [3.63, 3.8) is 0 Å². The number of carbonyl (C=O) groups excluding carboxylic acids is 1. The van der Waals surface area contributed by atoms with Crippen LogP contribution < -0.4 is 9.64 Å². The lowest BCUT2D eigenvalue weighted by Gasteiger charge is -2.36. The van der Waals surface area contributed by atoms with Gasteiger partial charge in [0.1, 0.15) is 5.75 Å². The van der Waals surface area contributed by atoms with Gasteiger partial charge in [-0.15, -0.1) is 0 Å². The van der Waals surface area contributed by atoms with Crippen molar-refractivity contribution in [3.05, 3.63) is 59.7 Å². The predicted octanol–water partition coefficient (Wildman–Crippen LogP) is 4.59. The molecule has 1 aliphatic rings. The van der Waals surface area contributed by atoms with E-state index in [4.69, 9.17) is 13.8 Å². The number of ether oxygens (including phenoxy) is 1. The van der Waals surface area contributed by atoms with Gasteiger partial charge in [0.15, 0.2) is 8.38 Å². The molecule has 1 saturated heterocycles. The molecule has 0 spiro atoms. The second kappa shape index (κ2) is 12.0. The van der Waals surface area contributed by atoms with E-state index in [9.17, 15) is 4.79 Å². The molecule has 168 valence electrons. The SMILES string of the molecule is CCOP(CCc1ccc(C(=O)N2CCN(c3ccc(OC)cc3)CC2)cc1)OCC. The molecule has 1 fully saturated rings. The molecule has 0 radical (unpaired) electrons. The Hall–Kier alpha value is -2.14. The predicted molar refractivity (Wildman–Crippen MR) is 126 cm³/mol. The van der Waals surface area contributed by atoms with Crippen LogP contribution in [0.5, 0.6) is 5.75 Å². The van der Waals surface area contributed by atoms with Gasteiger partial charge in [0.05, 0.1) is 20.3 Å². The molecule has 0 aliphatic carbocycles. The number of amides is 1. The van der Waals surface area contributed by atoms with Crippen molar-refractivity contribution >= 4 is 20.0 Å². The highest BCUT2D eigenvalue weighted by molar-refractivity contribution is 7.47. The van der Waals surface area contributed by atoms with Crippen molar-refractivity contribution < 1.29 is 18.6 Å². The summed E-state index contributed by atoms with van der Waals surface area (Å²) >= 11 is 0. The number of benzene rings is 2. The Kier molecular flexibility index (Phi) is 9.13. The molecular formula is C24H33N2O4P. The molecule has 1 heterocycles. The molecule has 0 saturated carbocycles.